The summed E-state index contributed by atoms with van der Waals surface area (Å²) in [5.41, 5.74) is 1.79. The third-order valence-electron chi connectivity index (χ3n) is 4.70. The third-order valence-corrected chi connectivity index (χ3v) is 4.70. The smallest absolute Gasteiger partial charge is 0.138 e. The molecule has 2 saturated heterocycles. The minimum Gasteiger partial charge on any atom is -0.506 e. The predicted octanol–water partition coefficient (Wildman–Crippen LogP) is 1.76. The molecule has 2 fully saturated rings. The molecule has 0 saturated carbocycles. The van der Waals surface area contributed by atoms with Crippen LogP contribution in [0.5, 0.6) is 5.75 Å². The van der Waals surface area contributed by atoms with Gasteiger partial charge in [0.2, 0.25) is 0 Å². The van der Waals surface area contributed by atoms with Crippen molar-refractivity contribution in [2.24, 2.45) is 0 Å². The predicted molar refractivity (Wildman–Crippen MR) is 75.1 cm³/mol. The molecular weight excluding hydrogens is 238 g/mol. The number of hydrogen-bond acceptors (Lipinski definition) is 4. The fourth-order valence-electron chi connectivity index (χ4n) is 3.45. The molecule has 4 heteroatoms. The number of aromatic hydroxyl groups is 1. The minimum atomic E-state index is 0.327. The fraction of sp³-hybridized carbons (Fsp3) is 0.667. The van der Waals surface area contributed by atoms with E-state index >= 15 is 0 Å². The highest BCUT2D eigenvalue weighted by Crippen LogP contribution is 2.29. The Bertz CT molecular complexity index is 463. The third kappa shape index (κ3) is 2.60. The molecule has 0 amide bonds. The topological polar surface area (TPSA) is 39.6 Å². The highest BCUT2D eigenvalue weighted by atomic mass is 16.3. The van der Waals surface area contributed by atoms with Gasteiger partial charge in [-0.05, 0) is 45.4 Å². The van der Waals surface area contributed by atoms with Gasteiger partial charge in [0.15, 0.2) is 0 Å². The lowest BCUT2D eigenvalue weighted by Gasteiger charge is -2.25. The van der Waals surface area contributed by atoms with Gasteiger partial charge in [-0.25, -0.2) is 0 Å². The van der Waals surface area contributed by atoms with Gasteiger partial charge in [-0.1, -0.05) is 0 Å². The average molecular weight is 261 g/mol. The number of nitrogens with zero attached hydrogens (tertiary/aromatic N) is 3. The lowest BCUT2D eigenvalue weighted by molar-refractivity contribution is 0.211. The largest absolute Gasteiger partial charge is 0.506 e. The lowest BCUT2D eigenvalue weighted by Crippen LogP contribution is -2.36. The molecule has 2 aliphatic heterocycles. The second kappa shape index (κ2) is 5.10. The van der Waals surface area contributed by atoms with E-state index in [9.17, 15) is 5.11 Å². The van der Waals surface area contributed by atoms with Crippen LogP contribution in [0.1, 0.15) is 30.7 Å². The molecule has 0 aliphatic carbocycles. The van der Waals surface area contributed by atoms with E-state index in [4.69, 9.17) is 0 Å². The molecule has 2 aliphatic rings. The van der Waals surface area contributed by atoms with Gasteiger partial charge in [-0.15, -0.1) is 0 Å². The lowest BCUT2D eigenvalue weighted by atomic mass is 10.1. The molecule has 3 rings (SSSR count). The molecule has 104 valence electrons. The standard InChI is InChI=1S/C15H23N3O/c1-11-3-6-15(19)14(16-11)10-18-8-7-12-4-5-13(9-18)17(12)2/h3,6,12-13,19H,4-5,7-10H2,1-2H3. The first kappa shape index (κ1) is 12.9. The summed E-state index contributed by atoms with van der Waals surface area (Å²) in [5, 5.41) is 9.92. The summed E-state index contributed by atoms with van der Waals surface area (Å²) in [6.45, 7) is 4.95. The first-order valence-electron chi connectivity index (χ1n) is 7.23. The molecule has 2 atom stereocenters. The van der Waals surface area contributed by atoms with Gasteiger partial charge in [-0.2, -0.15) is 0 Å². The van der Waals surface area contributed by atoms with Crippen molar-refractivity contribution in [1.82, 2.24) is 14.8 Å². The van der Waals surface area contributed by atoms with E-state index in [2.05, 4.69) is 21.8 Å². The summed E-state index contributed by atoms with van der Waals surface area (Å²) in [7, 11) is 2.26. The van der Waals surface area contributed by atoms with E-state index < -0.39 is 0 Å². The Morgan fingerprint density at radius 3 is 2.89 bits per heavy atom. The van der Waals surface area contributed by atoms with E-state index in [1.807, 2.05) is 13.0 Å². The molecule has 1 aromatic heterocycles. The van der Waals surface area contributed by atoms with Gasteiger partial charge < -0.3 is 5.11 Å². The van der Waals surface area contributed by atoms with E-state index in [-0.39, 0.29) is 0 Å². The van der Waals surface area contributed by atoms with Crippen LogP contribution in [0.15, 0.2) is 12.1 Å². The summed E-state index contributed by atoms with van der Waals surface area (Å²) in [6.07, 6.45) is 3.90. The first-order chi connectivity index (χ1) is 9.13. The molecule has 4 nitrogen and oxygen atoms in total. The summed E-state index contributed by atoms with van der Waals surface area (Å²) < 4.78 is 0. The van der Waals surface area contributed by atoms with Crippen LogP contribution in [0.3, 0.4) is 0 Å². The van der Waals surface area contributed by atoms with Gasteiger partial charge in [0.05, 0.1) is 5.69 Å². The summed E-state index contributed by atoms with van der Waals surface area (Å²) in [6, 6.07) is 5.05. The van der Waals surface area contributed by atoms with E-state index in [1.54, 1.807) is 6.07 Å². The van der Waals surface area contributed by atoms with E-state index in [0.29, 0.717) is 11.8 Å². The van der Waals surface area contributed by atoms with Crippen molar-refractivity contribution in [3.05, 3.63) is 23.5 Å². The van der Waals surface area contributed by atoms with Crippen molar-refractivity contribution in [3.63, 3.8) is 0 Å². The summed E-state index contributed by atoms with van der Waals surface area (Å²) in [4.78, 5) is 9.46. The zero-order chi connectivity index (χ0) is 13.4. The fourth-order valence-corrected chi connectivity index (χ4v) is 3.45. The van der Waals surface area contributed by atoms with Gasteiger partial charge >= 0.3 is 0 Å². The van der Waals surface area contributed by atoms with Crippen LogP contribution in [0.2, 0.25) is 0 Å². The average Bonchev–Trinajstić information content (AvgIpc) is 2.62. The van der Waals surface area contributed by atoms with Crippen LogP contribution < -0.4 is 0 Å². The zero-order valence-electron chi connectivity index (χ0n) is 11.8. The second-order valence-corrected chi connectivity index (χ2v) is 5.99. The van der Waals surface area contributed by atoms with Crippen LogP contribution >= 0.6 is 0 Å². The number of rotatable bonds is 2. The Morgan fingerprint density at radius 1 is 1.26 bits per heavy atom. The molecular formula is C15H23N3O. The Hall–Kier alpha value is -1.13. The molecule has 3 heterocycles. The molecule has 2 unspecified atom stereocenters. The highest BCUT2D eigenvalue weighted by molar-refractivity contribution is 5.27. The number of likely N-dealkylation sites (tertiary alicyclic amines) is 1. The molecule has 1 aromatic rings. The normalized spacial score (nSPS) is 28.5. The molecule has 0 radical (unpaired) electrons. The van der Waals surface area contributed by atoms with Gasteiger partial charge in [0.25, 0.3) is 0 Å². The maximum absolute atomic E-state index is 9.92. The van der Waals surface area contributed by atoms with Crippen molar-refractivity contribution in [1.29, 1.82) is 0 Å². The number of hydrogen-bond donors (Lipinski definition) is 1. The van der Waals surface area contributed by atoms with Crippen LogP contribution in [-0.4, -0.2) is 52.1 Å². The van der Waals surface area contributed by atoms with Gasteiger partial charge in [0.1, 0.15) is 5.75 Å². The summed E-state index contributed by atoms with van der Waals surface area (Å²) >= 11 is 0. The maximum Gasteiger partial charge on any atom is 0.138 e. The van der Waals surface area contributed by atoms with Gasteiger partial charge in [0, 0.05) is 37.4 Å². The number of fused-ring (bicyclic) bond motifs is 2. The monoisotopic (exact) mass is 261 g/mol. The van der Waals surface area contributed by atoms with Crippen molar-refractivity contribution in [2.45, 2.75) is 44.8 Å². The van der Waals surface area contributed by atoms with E-state index in [0.717, 1.165) is 37.1 Å². The van der Waals surface area contributed by atoms with Crippen molar-refractivity contribution < 1.29 is 5.11 Å². The number of aromatic nitrogens is 1. The Balaban J connectivity index is 1.72. The number of aryl methyl sites for hydroxylation is 1. The van der Waals surface area contributed by atoms with Crippen LogP contribution in [0, 0.1) is 6.92 Å². The molecule has 19 heavy (non-hydrogen) atoms. The van der Waals surface area contributed by atoms with Gasteiger partial charge in [-0.3, -0.25) is 14.8 Å². The van der Waals surface area contributed by atoms with Crippen LogP contribution in [0.4, 0.5) is 0 Å². The molecule has 2 bridgehead atoms. The van der Waals surface area contributed by atoms with E-state index in [1.165, 1.54) is 19.3 Å². The maximum atomic E-state index is 9.92. The zero-order valence-corrected chi connectivity index (χ0v) is 11.8. The van der Waals surface area contributed by atoms with Crippen LogP contribution in [0.25, 0.3) is 0 Å². The molecule has 0 aromatic carbocycles. The Morgan fingerprint density at radius 2 is 2.05 bits per heavy atom. The van der Waals surface area contributed by atoms with Crippen LogP contribution in [-0.2, 0) is 6.54 Å². The first-order valence-corrected chi connectivity index (χ1v) is 7.23. The SMILES string of the molecule is Cc1ccc(O)c(CN2CCC3CCC(C2)N3C)n1. The summed E-state index contributed by atoms with van der Waals surface area (Å²) in [5.74, 6) is 0.327. The Labute approximate surface area is 115 Å². The Kier molecular flexibility index (Phi) is 3.46. The highest BCUT2D eigenvalue weighted by Gasteiger charge is 2.34. The van der Waals surface area contributed by atoms with Crippen molar-refractivity contribution in [2.75, 3.05) is 20.1 Å². The molecule has 1 N–H and O–H groups in total. The van der Waals surface area contributed by atoms with Crippen molar-refractivity contribution >= 4 is 0 Å². The minimum absolute atomic E-state index is 0.327. The van der Waals surface area contributed by atoms with Crippen molar-refractivity contribution in [3.8, 4) is 5.75 Å². The number of likely N-dealkylation sites (N-methyl/N-ethyl adjacent to an activating group) is 1. The molecule has 0 spiro atoms. The second-order valence-electron chi connectivity index (χ2n) is 5.99. The quantitative estimate of drug-likeness (QED) is 0.880. The number of pyridine rings is 1.